The second kappa shape index (κ2) is 7.93. The minimum Gasteiger partial charge on any atom is -0.503 e. The van der Waals surface area contributed by atoms with Gasteiger partial charge >= 0.3 is 0 Å². The van der Waals surface area contributed by atoms with Gasteiger partial charge in [-0.15, -0.1) is 0 Å². The van der Waals surface area contributed by atoms with Crippen LogP contribution in [-0.2, 0) is 6.54 Å². The van der Waals surface area contributed by atoms with E-state index < -0.39 is 5.82 Å². The maximum Gasteiger partial charge on any atom is 0.175 e. The molecule has 3 aromatic rings. The van der Waals surface area contributed by atoms with Crippen LogP contribution >= 0.6 is 27.7 Å². The topological polar surface area (TPSA) is 32.3 Å². The largest absolute Gasteiger partial charge is 0.503 e. The lowest BCUT2D eigenvalue weighted by atomic mass is 10.2. The van der Waals surface area contributed by atoms with Crippen molar-refractivity contribution in [2.45, 2.75) is 23.3 Å². The Morgan fingerprint density at radius 3 is 2.56 bits per heavy atom. The van der Waals surface area contributed by atoms with Crippen LogP contribution in [0.25, 0.3) is 0 Å². The Bertz CT molecular complexity index is 883. The molecule has 128 valence electrons. The van der Waals surface area contributed by atoms with E-state index in [-0.39, 0.29) is 5.75 Å². The zero-order chi connectivity index (χ0) is 17.8. The van der Waals surface area contributed by atoms with Crippen LogP contribution in [0.2, 0.25) is 0 Å². The number of anilines is 1. The quantitative estimate of drug-likeness (QED) is 0.473. The zero-order valence-corrected chi connectivity index (χ0v) is 16.0. The standard InChI is InChI=1S/C20H17BrFNOS/c1-13-6-8-16(9-7-13)25-19-5-3-2-4-14(19)12-23-18-11-15(21)10-17(22)20(18)24/h2-11,23-24H,12H2,1H3. The van der Waals surface area contributed by atoms with Crippen molar-refractivity contribution < 1.29 is 9.50 Å². The van der Waals surface area contributed by atoms with Crippen molar-refractivity contribution in [1.29, 1.82) is 0 Å². The van der Waals surface area contributed by atoms with Crippen LogP contribution in [0.5, 0.6) is 5.75 Å². The van der Waals surface area contributed by atoms with Gasteiger partial charge in [0.15, 0.2) is 11.6 Å². The van der Waals surface area contributed by atoms with Crippen LogP contribution in [0.1, 0.15) is 11.1 Å². The minimum atomic E-state index is -0.654. The summed E-state index contributed by atoms with van der Waals surface area (Å²) < 4.78 is 14.2. The van der Waals surface area contributed by atoms with Gasteiger partial charge in [-0.25, -0.2) is 4.39 Å². The summed E-state index contributed by atoms with van der Waals surface area (Å²) in [4.78, 5) is 2.28. The van der Waals surface area contributed by atoms with Crippen molar-refractivity contribution in [3.8, 4) is 5.75 Å². The number of hydrogen-bond donors (Lipinski definition) is 2. The fourth-order valence-electron chi connectivity index (χ4n) is 2.37. The summed E-state index contributed by atoms with van der Waals surface area (Å²) >= 11 is 4.93. The number of rotatable bonds is 5. The Balaban J connectivity index is 1.78. The lowest BCUT2D eigenvalue weighted by Crippen LogP contribution is -2.02. The number of aromatic hydroxyl groups is 1. The molecule has 0 fully saturated rings. The average Bonchev–Trinajstić information content (AvgIpc) is 2.60. The third-order valence-electron chi connectivity index (χ3n) is 3.72. The molecule has 0 spiro atoms. The fraction of sp³-hybridized carbons (Fsp3) is 0.100. The molecule has 0 aromatic heterocycles. The van der Waals surface area contributed by atoms with E-state index in [1.807, 2.05) is 18.2 Å². The van der Waals surface area contributed by atoms with Crippen LogP contribution in [-0.4, -0.2) is 5.11 Å². The molecule has 0 bridgehead atoms. The summed E-state index contributed by atoms with van der Waals surface area (Å²) in [7, 11) is 0. The van der Waals surface area contributed by atoms with E-state index in [0.717, 1.165) is 15.4 Å². The van der Waals surface area contributed by atoms with E-state index in [0.29, 0.717) is 16.7 Å². The number of benzene rings is 3. The molecular weight excluding hydrogens is 401 g/mol. The van der Waals surface area contributed by atoms with Gasteiger partial charge in [-0.1, -0.05) is 63.6 Å². The molecule has 2 nitrogen and oxygen atoms in total. The molecule has 0 aliphatic carbocycles. The number of hydrogen-bond acceptors (Lipinski definition) is 3. The molecule has 0 saturated carbocycles. The van der Waals surface area contributed by atoms with Gasteiger partial charge in [0.2, 0.25) is 0 Å². The highest BCUT2D eigenvalue weighted by Gasteiger charge is 2.10. The molecule has 0 amide bonds. The van der Waals surface area contributed by atoms with Crippen molar-refractivity contribution in [3.63, 3.8) is 0 Å². The van der Waals surface area contributed by atoms with E-state index in [4.69, 9.17) is 0 Å². The Labute approximate surface area is 159 Å². The molecule has 0 saturated heterocycles. The van der Waals surface area contributed by atoms with Gasteiger partial charge in [0.1, 0.15) is 0 Å². The molecule has 0 heterocycles. The Hall–Kier alpha value is -1.98. The van der Waals surface area contributed by atoms with E-state index in [2.05, 4.69) is 58.5 Å². The molecule has 3 aromatic carbocycles. The monoisotopic (exact) mass is 417 g/mol. The molecule has 0 unspecified atom stereocenters. The molecule has 5 heteroatoms. The predicted molar refractivity (Wildman–Crippen MR) is 105 cm³/mol. The predicted octanol–water partition coefficient (Wildman–Crippen LogP) is 6.37. The van der Waals surface area contributed by atoms with E-state index in [9.17, 15) is 9.50 Å². The van der Waals surface area contributed by atoms with Gasteiger partial charge in [-0.05, 0) is 42.8 Å². The number of phenolic OH excluding ortho intramolecular Hbond substituents is 1. The first-order valence-electron chi connectivity index (χ1n) is 7.77. The highest BCUT2D eigenvalue weighted by Crippen LogP contribution is 2.33. The van der Waals surface area contributed by atoms with E-state index in [1.165, 1.54) is 11.6 Å². The lowest BCUT2D eigenvalue weighted by Gasteiger charge is -2.13. The van der Waals surface area contributed by atoms with E-state index in [1.54, 1.807) is 17.8 Å². The minimum absolute atomic E-state index is 0.363. The van der Waals surface area contributed by atoms with Gasteiger partial charge in [0.05, 0.1) is 5.69 Å². The summed E-state index contributed by atoms with van der Waals surface area (Å²) in [5, 5.41) is 13.0. The van der Waals surface area contributed by atoms with Crippen LogP contribution in [0.3, 0.4) is 0 Å². The highest BCUT2D eigenvalue weighted by molar-refractivity contribution is 9.10. The Morgan fingerprint density at radius 1 is 1.08 bits per heavy atom. The van der Waals surface area contributed by atoms with Crippen LogP contribution < -0.4 is 5.32 Å². The summed E-state index contributed by atoms with van der Waals surface area (Å²) in [6, 6.07) is 19.3. The first-order valence-corrected chi connectivity index (χ1v) is 9.38. The molecule has 0 aliphatic heterocycles. The first-order chi connectivity index (χ1) is 12.0. The molecule has 0 atom stereocenters. The number of nitrogens with one attached hydrogen (secondary N) is 1. The summed E-state index contributed by atoms with van der Waals surface area (Å²) in [5.41, 5.74) is 2.67. The maximum absolute atomic E-state index is 13.6. The van der Waals surface area contributed by atoms with Crippen LogP contribution in [0, 0.1) is 12.7 Å². The van der Waals surface area contributed by atoms with Crippen molar-refractivity contribution in [2.24, 2.45) is 0 Å². The third-order valence-corrected chi connectivity index (χ3v) is 5.30. The molecule has 0 aliphatic rings. The Kier molecular flexibility index (Phi) is 5.66. The lowest BCUT2D eigenvalue weighted by molar-refractivity contribution is 0.434. The second-order valence-corrected chi connectivity index (χ2v) is 7.69. The van der Waals surface area contributed by atoms with Crippen molar-refractivity contribution in [1.82, 2.24) is 0 Å². The van der Waals surface area contributed by atoms with E-state index >= 15 is 0 Å². The molecule has 0 radical (unpaired) electrons. The highest BCUT2D eigenvalue weighted by atomic mass is 79.9. The van der Waals surface area contributed by atoms with Gasteiger partial charge < -0.3 is 10.4 Å². The fourth-order valence-corrected chi connectivity index (χ4v) is 3.75. The van der Waals surface area contributed by atoms with Crippen LogP contribution in [0.4, 0.5) is 10.1 Å². The molecule has 2 N–H and O–H groups in total. The average molecular weight is 418 g/mol. The Morgan fingerprint density at radius 2 is 1.80 bits per heavy atom. The number of halogens is 2. The summed E-state index contributed by atoms with van der Waals surface area (Å²) in [6.45, 7) is 2.55. The SMILES string of the molecule is Cc1ccc(Sc2ccccc2CNc2cc(Br)cc(F)c2O)cc1. The molecule has 25 heavy (non-hydrogen) atoms. The second-order valence-electron chi connectivity index (χ2n) is 5.66. The smallest absolute Gasteiger partial charge is 0.175 e. The zero-order valence-electron chi connectivity index (χ0n) is 13.6. The summed E-state index contributed by atoms with van der Waals surface area (Å²) in [5.74, 6) is -1.02. The van der Waals surface area contributed by atoms with Crippen LogP contribution in [0.15, 0.2) is 74.9 Å². The van der Waals surface area contributed by atoms with Crippen molar-refractivity contribution in [3.05, 3.63) is 82.1 Å². The van der Waals surface area contributed by atoms with Crippen molar-refractivity contribution in [2.75, 3.05) is 5.32 Å². The molecular formula is C20H17BrFNOS. The number of phenols is 1. The third kappa shape index (κ3) is 4.55. The van der Waals surface area contributed by atoms with Gasteiger partial charge in [0, 0.05) is 20.8 Å². The van der Waals surface area contributed by atoms with Crippen molar-refractivity contribution >= 4 is 33.4 Å². The normalized spacial score (nSPS) is 10.7. The molecule has 3 rings (SSSR count). The van der Waals surface area contributed by atoms with Gasteiger partial charge in [-0.2, -0.15) is 0 Å². The first kappa shape index (κ1) is 17.8. The van der Waals surface area contributed by atoms with Gasteiger partial charge in [0.25, 0.3) is 0 Å². The maximum atomic E-state index is 13.6. The van der Waals surface area contributed by atoms with Gasteiger partial charge in [-0.3, -0.25) is 0 Å². The summed E-state index contributed by atoms with van der Waals surface area (Å²) in [6.07, 6.45) is 0. The number of aryl methyl sites for hydroxylation is 1.